The van der Waals surface area contributed by atoms with Gasteiger partial charge in [-0.15, -0.1) is 0 Å². The predicted octanol–water partition coefficient (Wildman–Crippen LogP) is 0.591. The van der Waals surface area contributed by atoms with Crippen LogP contribution in [0.1, 0.15) is 13.8 Å². The van der Waals surface area contributed by atoms with E-state index in [-0.39, 0.29) is 0 Å². The molecule has 2 aliphatic heterocycles. The third kappa shape index (κ3) is 1.41. The fourth-order valence-electron chi connectivity index (χ4n) is 2.34. The van der Waals surface area contributed by atoms with Gasteiger partial charge in [-0.25, -0.2) is 13.2 Å². The van der Waals surface area contributed by atoms with Crippen molar-refractivity contribution in [3.05, 3.63) is 7.11 Å². The number of halogens is 2. The Morgan fingerprint density at radius 1 is 1.56 bits per heavy atom. The largest absolute Gasteiger partial charge is 0.460 e. The molecule has 2 saturated heterocycles. The van der Waals surface area contributed by atoms with E-state index >= 15 is 0 Å². The van der Waals surface area contributed by atoms with E-state index in [9.17, 15) is 18.0 Å². The Kier molecular flexibility index (Phi) is 3.07. The molecule has 2 aliphatic rings. The van der Waals surface area contributed by atoms with Crippen molar-refractivity contribution in [2.24, 2.45) is 0 Å². The molecule has 0 aliphatic carbocycles. The molecule has 0 aromatic heterocycles. The van der Waals surface area contributed by atoms with Crippen LogP contribution < -0.4 is 0 Å². The van der Waals surface area contributed by atoms with Crippen molar-refractivity contribution in [1.82, 2.24) is 4.90 Å². The summed E-state index contributed by atoms with van der Waals surface area (Å²) in [5, 5.41) is -1.06. The van der Waals surface area contributed by atoms with Gasteiger partial charge in [-0.3, -0.25) is 4.79 Å². The van der Waals surface area contributed by atoms with E-state index < -0.39 is 40.2 Å². The molecule has 0 aromatic rings. The van der Waals surface area contributed by atoms with Crippen LogP contribution >= 0.6 is 38.5 Å². The Balaban J connectivity index is 2.61. The van der Waals surface area contributed by atoms with Crippen LogP contribution in [0.2, 0.25) is 0 Å². The van der Waals surface area contributed by atoms with Crippen molar-refractivity contribution in [3.63, 3.8) is 0 Å². The monoisotopic (exact) mass is 450 g/mol. The lowest BCUT2D eigenvalue weighted by Gasteiger charge is -2.45. The van der Waals surface area contributed by atoms with E-state index in [1.54, 1.807) is 22.6 Å². The van der Waals surface area contributed by atoms with Crippen LogP contribution in [0.4, 0.5) is 0 Å². The first-order valence-corrected chi connectivity index (χ1v) is 8.33. The highest BCUT2D eigenvalue weighted by Gasteiger charge is 2.77. The van der Waals surface area contributed by atoms with Crippen LogP contribution in [0.3, 0.4) is 0 Å². The van der Waals surface area contributed by atoms with Crippen molar-refractivity contribution < 1.29 is 22.7 Å². The van der Waals surface area contributed by atoms with Gasteiger partial charge in [0.1, 0.15) is 17.9 Å². The molecule has 0 aromatic carbocycles. The van der Waals surface area contributed by atoms with E-state index in [0.29, 0.717) is 0 Å². The number of hydrogen-bond acceptors (Lipinski definition) is 5. The summed E-state index contributed by atoms with van der Waals surface area (Å²) in [7, 11) is -0.696. The lowest BCUT2D eigenvalue weighted by Crippen LogP contribution is -2.69. The van der Waals surface area contributed by atoms with Gasteiger partial charge in [0.25, 0.3) is 5.91 Å². The summed E-state index contributed by atoms with van der Waals surface area (Å²) in [6.45, 7) is 2.82. The topological polar surface area (TPSA) is 80.8 Å². The molecule has 101 valence electrons. The molecule has 2 fully saturated rings. The maximum atomic E-state index is 12.4. The average molecular weight is 451 g/mol. The first-order valence-electron chi connectivity index (χ1n) is 4.91. The van der Waals surface area contributed by atoms with Crippen molar-refractivity contribution in [1.29, 1.82) is 0 Å². The van der Waals surface area contributed by atoms with E-state index in [4.69, 9.17) is 0 Å². The van der Waals surface area contributed by atoms with Gasteiger partial charge in [-0.1, -0.05) is 38.5 Å². The van der Waals surface area contributed by atoms with Crippen LogP contribution in [-0.4, -0.2) is 43.7 Å². The SMILES string of the molecule is [CH2]OC(=O)[C@@H]1N2C(=O)C(Br)(I)[C@H]2S(=O)(=O)C1(C)C. The Morgan fingerprint density at radius 3 is 2.50 bits per heavy atom. The highest BCUT2D eigenvalue weighted by molar-refractivity contribution is 14.1. The van der Waals surface area contributed by atoms with Crippen LogP contribution in [-0.2, 0) is 24.2 Å². The number of alkyl halides is 2. The number of sulfone groups is 1. The Bertz CT molecular complexity index is 543. The number of ether oxygens (including phenoxy) is 1. The summed E-state index contributed by atoms with van der Waals surface area (Å²) in [5.74, 6) is -1.27. The molecule has 1 unspecified atom stereocenters. The summed E-state index contributed by atoms with van der Waals surface area (Å²) in [6.07, 6.45) is 0. The highest BCUT2D eigenvalue weighted by atomic mass is 127. The van der Waals surface area contributed by atoms with Crippen LogP contribution in [0.15, 0.2) is 0 Å². The number of amides is 1. The molecule has 3 atom stereocenters. The van der Waals surface area contributed by atoms with Crippen LogP contribution in [0.5, 0.6) is 0 Å². The first-order chi connectivity index (χ1) is 8.01. The van der Waals surface area contributed by atoms with E-state index in [0.717, 1.165) is 4.90 Å². The molecule has 0 bridgehead atoms. The quantitative estimate of drug-likeness (QED) is 0.253. The van der Waals surface area contributed by atoms with E-state index in [2.05, 4.69) is 27.8 Å². The van der Waals surface area contributed by atoms with Crippen molar-refractivity contribution in [3.8, 4) is 0 Å². The molecule has 0 saturated carbocycles. The standard InChI is InChI=1S/C9H10BrINO5S/c1-8(2)4(5(13)17-3)12-6(14)9(10,11)7(12)18(8,15)16/h4,7H,3H2,1-2H3/t4-,7+,9?/m0/s1. The lowest BCUT2D eigenvalue weighted by atomic mass is 9.98. The Morgan fingerprint density at radius 2 is 2.06 bits per heavy atom. The molecule has 0 spiro atoms. The minimum atomic E-state index is -3.69. The minimum absolute atomic E-state index is 0.447. The summed E-state index contributed by atoms with van der Waals surface area (Å²) in [4.78, 5) is 24.7. The predicted molar refractivity (Wildman–Crippen MR) is 74.5 cm³/mol. The van der Waals surface area contributed by atoms with Crippen molar-refractivity contribution in [2.75, 3.05) is 0 Å². The smallest absolute Gasteiger partial charge is 0.330 e. The van der Waals surface area contributed by atoms with Gasteiger partial charge in [-0.05, 0) is 13.8 Å². The highest BCUT2D eigenvalue weighted by Crippen LogP contribution is 2.56. The van der Waals surface area contributed by atoms with Crippen molar-refractivity contribution >= 4 is 60.2 Å². The second-order valence-corrected chi connectivity index (χ2v) is 11.7. The molecule has 6 nitrogen and oxygen atoms in total. The Hall–Kier alpha value is 0.1000. The molecule has 9 heteroatoms. The summed E-state index contributed by atoms with van der Waals surface area (Å²) < 4.78 is 26.6. The molecule has 2 heterocycles. The van der Waals surface area contributed by atoms with Gasteiger partial charge in [0.2, 0.25) is 0 Å². The molecule has 0 N–H and O–H groups in total. The number of β-lactam (4-membered cyclic amide) rings is 1. The lowest BCUT2D eigenvalue weighted by molar-refractivity contribution is -0.157. The molecular weight excluding hydrogens is 441 g/mol. The van der Waals surface area contributed by atoms with Crippen LogP contribution in [0, 0.1) is 7.11 Å². The van der Waals surface area contributed by atoms with Crippen molar-refractivity contribution in [2.45, 2.75) is 32.3 Å². The number of esters is 1. The zero-order valence-electron chi connectivity index (χ0n) is 9.51. The normalized spacial score (nSPS) is 40.1. The third-order valence-corrected chi connectivity index (χ3v) is 8.82. The number of hydrogen-bond donors (Lipinski definition) is 0. The zero-order chi connectivity index (χ0) is 14.1. The molecule has 18 heavy (non-hydrogen) atoms. The maximum Gasteiger partial charge on any atom is 0.330 e. The number of rotatable bonds is 1. The second-order valence-electron chi connectivity index (χ2n) is 4.70. The summed E-state index contributed by atoms with van der Waals surface area (Å²) in [6, 6.07) is -1.15. The van der Waals surface area contributed by atoms with Crippen LogP contribution in [0.25, 0.3) is 0 Å². The number of carbonyl (C=O) groups excluding carboxylic acids is 2. The van der Waals surface area contributed by atoms with Gasteiger partial charge in [0.05, 0.1) is 0 Å². The molecule has 1 radical (unpaired) electrons. The zero-order valence-corrected chi connectivity index (χ0v) is 14.1. The minimum Gasteiger partial charge on any atom is -0.460 e. The van der Waals surface area contributed by atoms with Gasteiger partial charge >= 0.3 is 5.97 Å². The summed E-state index contributed by atoms with van der Waals surface area (Å²) in [5.41, 5.74) is 0. The molecule has 2 rings (SSSR count). The van der Waals surface area contributed by atoms with Gasteiger partial charge in [0, 0.05) is 0 Å². The van der Waals surface area contributed by atoms with Gasteiger partial charge < -0.3 is 9.64 Å². The van der Waals surface area contributed by atoms with E-state index in [1.807, 2.05) is 0 Å². The van der Waals surface area contributed by atoms with Gasteiger partial charge in [-0.2, -0.15) is 0 Å². The average Bonchev–Trinajstić information content (AvgIpc) is 2.41. The first kappa shape index (κ1) is 14.5. The number of carbonyl (C=O) groups is 2. The second kappa shape index (κ2) is 3.81. The maximum absolute atomic E-state index is 12.4. The summed E-state index contributed by atoms with van der Waals surface area (Å²) >= 11 is 4.85. The Labute approximate surface area is 127 Å². The molecular formula is C9H10BrINO5S. The van der Waals surface area contributed by atoms with E-state index in [1.165, 1.54) is 13.8 Å². The fourth-order valence-corrected chi connectivity index (χ4v) is 7.19. The van der Waals surface area contributed by atoms with Gasteiger partial charge in [0.15, 0.2) is 17.5 Å². The fraction of sp³-hybridized carbons (Fsp3) is 0.667. The molecule has 1 amide bonds. The number of fused-ring (bicyclic) bond motifs is 1. The number of nitrogens with zero attached hydrogens (tertiary/aromatic N) is 1. The third-order valence-electron chi connectivity index (χ3n) is 3.41.